The first-order valence-corrected chi connectivity index (χ1v) is 6.15. The third-order valence-corrected chi connectivity index (χ3v) is 2.85. The van der Waals surface area contributed by atoms with Crippen LogP contribution in [0.4, 0.5) is 0 Å². The Balaban J connectivity index is 2.36. The molecule has 1 rings (SSSR count). The van der Waals surface area contributed by atoms with E-state index in [2.05, 4.69) is 24.1 Å². The highest BCUT2D eigenvalue weighted by Crippen LogP contribution is 2.16. The molecule has 94 valence electrons. The number of nitrogens with zero attached hydrogens (tertiary/aromatic N) is 1. The fourth-order valence-corrected chi connectivity index (χ4v) is 1.64. The number of carbonyl (C=O) groups is 1. The summed E-state index contributed by atoms with van der Waals surface area (Å²) in [5.41, 5.74) is 1.08. The van der Waals surface area contributed by atoms with Gasteiger partial charge in [-0.25, -0.2) is 0 Å². The molecule has 0 atom stereocenters. The van der Waals surface area contributed by atoms with E-state index in [4.69, 9.17) is 0 Å². The molecule has 0 saturated carbocycles. The first kappa shape index (κ1) is 13.9. The van der Waals surface area contributed by atoms with E-state index in [9.17, 15) is 4.79 Å². The Kier molecular flexibility index (Phi) is 4.88. The van der Waals surface area contributed by atoms with Gasteiger partial charge < -0.3 is 4.90 Å². The number of carbonyl (C=O) groups excluding carboxylic acids is 1. The van der Waals surface area contributed by atoms with Gasteiger partial charge in [-0.2, -0.15) is 0 Å². The highest BCUT2D eigenvalue weighted by Gasteiger charge is 2.20. The van der Waals surface area contributed by atoms with Crippen molar-refractivity contribution in [2.45, 2.75) is 33.7 Å². The zero-order valence-corrected chi connectivity index (χ0v) is 11.4. The van der Waals surface area contributed by atoms with E-state index < -0.39 is 0 Å². The average Bonchev–Trinajstić information content (AvgIpc) is 2.26. The summed E-state index contributed by atoms with van der Waals surface area (Å²) in [5, 5.41) is 0. The van der Waals surface area contributed by atoms with Crippen LogP contribution in [0.1, 0.15) is 32.8 Å². The third kappa shape index (κ3) is 5.14. The van der Waals surface area contributed by atoms with Crippen molar-refractivity contribution in [2.75, 3.05) is 13.6 Å². The molecule has 0 aliphatic carbocycles. The molecule has 0 radical (unpaired) electrons. The maximum atomic E-state index is 11.8. The van der Waals surface area contributed by atoms with E-state index in [1.54, 1.807) is 0 Å². The summed E-state index contributed by atoms with van der Waals surface area (Å²) < 4.78 is 0. The Bertz CT molecular complexity index is 351. The first-order valence-electron chi connectivity index (χ1n) is 6.15. The van der Waals surface area contributed by atoms with Crippen molar-refractivity contribution in [1.82, 2.24) is 4.90 Å². The van der Waals surface area contributed by atoms with Crippen LogP contribution in [0.3, 0.4) is 0 Å². The highest BCUT2D eigenvalue weighted by atomic mass is 16.1. The third-order valence-electron chi connectivity index (χ3n) is 2.85. The Morgan fingerprint density at radius 1 is 1.18 bits per heavy atom. The molecule has 0 aliphatic heterocycles. The van der Waals surface area contributed by atoms with Crippen molar-refractivity contribution in [1.29, 1.82) is 0 Å². The van der Waals surface area contributed by atoms with Crippen molar-refractivity contribution in [3.05, 3.63) is 35.9 Å². The summed E-state index contributed by atoms with van der Waals surface area (Å²) in [6.07, 6.45) is 0.632. The fraction of sp³-hybridized carbons (Fsp3) is 0.533. The number of hydrogen-bond acceptors (Lipinski definition) is 2. The lowest BCUT2D eigenvalue weighted by atomic mass is 9.89. The van der Waals surface area contributed by atoms with Gasteiger partial charge in [-0.05, 0) is 12.6 Å². The Morgan fingerprint density at radius 3 is 2.29 bits per heavy atom. The van der Waals surface area contributed by atoms with E-state index in [0.717, 1.165) is 13.1 Å². The van der Waals surface area contributed by atoms with Crippen molar-refractivity contribution in [3.63, 3.8) is 0 Å². The van der Waals surface area contributed by atoms with E-state index in [-0.39, 0.29) is 5.41 Å². The summed E-state index contributed by atoms with van der Waals surface area (Å²) >= 11 is 0. The summed E-state index contributed by atoms with van der Waals surface area (Å²) in [6.45, 7) is 7.66. The quantitative estimate of drug-likeness (QED) is 0.778. The van der Waals surface area contributed by atoms with Gasteiger partial charge in [0.05, 0.1) is 0 Å². The normalized spacial score (nSPS) is 11.8. The predicted molar refractivity (Wildman–Crippen MR) is 71.9 cm³/mol. The minimum atomic E-state index is -0.215. The summed E-state index contributed by atoms with van der Waals surface area (Å²) in [4.78, 5) is 14.0. The molecule has 2 heteroatoms. The van der Waals surface area contributed by atoms with Crippen LogP contribution < -0.4 is 0 Å². The van der Waals surface area contributed by atoms with Crippen LogP contribution in [0.15, 0.2) is 30.3 Å². The average molecular weight is 233 g/mol. The molecule has 0 bridgehead atoms. The Hall–Kier alpha value is -1.15. The number of Topliss-reactive ketones (excluding diaryl/α,β-unsaturated/α-hetero) is 1. The largest absolute Gasteiger partial charge is 0.302 e. The topological polar surface area (TPSA) is 20.3 Å². The monoisotopic (exact) mass is 233 g/mol. The molecule has 0 aliphatic rings. The van der Waals surface area contributed by atoms with Crippen LogP contribution in [0, 0.1) is 5.41 Å². The fourth-order valence-electron chi connectivity index (χ4n) is 1.64. The number of rotatable bonds is 5. The van der Waals surface area contributed by atoms with Crippen LogP contribution in [0.25, 0.3) is 0 Å². The minimum absolute atomic E-state index is 0.215. The molecule has 0 spiro atoms. The number of ketones is 1. The molecule has 17 heavy (non-hydrogen) atoms. The van der Waals surface area contributed by atoms with Gasteiger partial charge in [0.1, 0.15) is 5.78 Å². The molecule has 0 N–H and O–H groups in total. The zero-order chi connectivity index (χ0) is 12.9. The molecular formula is C15H23NO. The van der Waals surface area contributed by atoms with E-state index in [1.165, 1.54) is 5.56 Å². The Morgan fingerprint density at radius 2 is 1.76 bits per heavy atom. The van der Waals surface area contributed by atoms with Crippen LogP contribution in [0.5, 0.6) is 0 Å². The smallest absolute Gasteiger partial charge is 0.139 e. The van der Waals surface area contributed by atoms with Gasteiger partial charge in [0, 0.05) is 24.9 Å². The molecule has 1 aromatic carbocycles. The zero-order valence-electron chi connectivity index (χ0n) is 11.4. The number of benzene rings is 1. The summed E-state index contributed by atoms with van der Waals surface area (Å²) in [5.74, 6) is 0.331. The summed E-state index contributed by atoms with van der Waals surface area (Å²) in [6, 6.07) is 10.3. The second-order valence-corrected chi connectivity index (χ2v) is 5.65. The molecule has 0 amide bonds. The van der Waals surface area contributed by atoms with Crippen LogP contribution in [-0.4, -0.2) is 24.3 Å². The molecule has 1 aromatic rings. The second-order valence-electron chi connectivity index (χ2n) is 5.65. The van der Waals surface area contributed by atoms with Gasteiger partial charge in [-0.1, -0.05) is 51.1 Å². The molecule has 0 aromatic heterocycles. The SMILES string of the molecule is CN(CCC(=O)C(C)(C)C)Cc1ccccc1. The van der Waals surface area contributed by atoms with Gasteiger partial charge in [0.2, 0.25) is 0 Å². The highest BCUT2D eigenvalue weighted by molar-refractivity contribution is 5.83. The lowest BCUT2D eigenvalue weighted by molar-refractivity contribution is -0.126. The van der Waals surface area contributed by atoms with Gasteiger partial charge in [0.15, 0.2) is 0 Å². The first-order chi connectivity index (χ1) is 7.89. The minimum Gasteiger partial charge on any atom is -0.302 e. The van der Waals surface area contributed by atoms with Crippen molar-refractivity contribution in [3.8, 4) is 0 Å². The molecule has 0 heterocycles. The summed E-state index contributed by atoms with van der Waals surface area (Å²) in [7, 11) is 2.06. The van der Waals surface area contributed by atoms with Crippen molar-refractivity contribution < 1.29 is 4.79 Å². The van der Waals surface area contributed by atoms with Gasteiger partial charge >= 0.3 is 0 Å². The van der Waals surface area contributed by atoms with E-state index in [0.29, 0.717) is 12.2 Å². The lowest BCUT2D eigenvalue weighted by Gasteiger charge is -2.20. The maximum Gasteiger partial charge on any atom is 0.139 e. The Labute approximate surface area is 105 Å². The van der Waals surface area contributed by atoms with Gasteiger partial charge in [0.25, 0.3) is 0 Å². The second kappa shape index (κ2) is 5.97. The van der Waals surface area contributed by atoms with Gasteiger partial charge in [-0.15, -0.1) is 0 Å². The van der Waals surface area contributed by atoms with Crippen molar-refractivity contribution >= 4 is 5.78 Å². The molecular weight excluding hydrogens is 210 g/mol. The van der Waals surface area contributed by atoms with Crippen LogP contribution in [0.2, 0.25) is 0 Å². The van der Waals surface area contributed by atoms with Crippen LogP contribution >= 0.6 is 0 Å². The van der Waals surface area contributed by atoms with E-state index in [1.807, 2.05) is 39.0 Å². The van der Waals surface area contributed by atoms with Crippen LogP contribution in [-0.2, 0) is 11.3 Å². The lowest BCUT2D eigenvalue weighted by Crippen LogP contribution is -2.27. The van der Waals surface area contributed by atoms with Crippen molar-refractivity contribution in [2.24, 2.45) is 5.41 Å². The van der Waals surface area contributed by atoms with Gasteiger partial charge in [-0.3, -0.25) is 4.79 Å². The number of hydrogen-bond donors (Lipinski definition) is 0. The molecule has 0 saturated heterocycles. The molecule has 0 fully saturated rings. The predicted octanol–water partition coefficient (Wildman–Crippen LogP) is 3.12. The standard InChI is InChI=1S/C15H23NO/c1-15(2,3)14(17)10-11-16(4)12-13-8-6-5-7-9-13/h5-9H,10-12H2,1-4H3. The molecule has 0 unspecified atom stereocenters. The van der Waals surface area contributed by atoms with E-state index >= 15 is 0 Å². The molecule has 2 nitrogen and oxygen atoms in total. The maximum absolute atomic E-state index is 11.8.